The molecule has 1 N–H and O–H groups in total. The van der Waals surface area contributed by atoms with E-state index in [1.165, 1.54) is 6.07 Å². The number of benzene rings is 2. The Kier molecular flexibility index (Phi) is 5.33. The highest BCUT2D eigenvalue weighted by molar-refractivity contribution is 5.98. The van der Waals surface area contributed by atoms with E-state index in [1.54, 1.807) is 35.7 Å². The molecule has 4 heterocycles. The van der Waals surface area contributed by atoms with Gasteiger partial charge in [-0.1, -0.05) is 24.3 Å². The van der Waals surface area contributed by atoms with E-state index in [-0.39, 0.29) is 18.3 Å². The number of hydrogen-bond acceptors (Lipinski definition) is 4. The van der Waals surface area contributed by atoms with Crippen molar-refractivity contribution < 1.29 is 9.18 Å². The number of halogens is 1. The van der Waals surface area contributed by atoms with Gasteiger partial charge in [0.05, 0.1) is 11.8 Å². The highest BCUT2D eigenvalue weighted by Crippen LogP contribution is 2.33. The van der Waals surface area contributed by atoms with E-state index in [0.29, 0.717) is 11.4 Å². The van der Waals surface area contributed by atoms with Crippen LogP contribution in [-0.2, 0) is 11.3 Å². The minimum absolute atomic E-state index is 0.112. The minimum Gasteiger partial charge on any atom is -0.345 e. The van der Waals surface area contributed by atoms with Gasteiger partial charge in [-0.05, 0) is 41.5 Å². The average Bonchev–Trinajstić information content (AvgIpc) is 3.66. The van der Waals surface area contributed by atoms with Crippen molar-refractivity contribution in [3.8, 4) is 33.6 Å². The molecule has 174 valence electrons. The Morgan fingerprint density at radius 3 is 2.54 bits per heavy atom. The lowest BCUT2D eigenvalue weighted by Gasteiger charge is -2.14. The van der Waals surface area contributed by atoms with Gasteiger partial charge in [0, 0.05) is 60.6 Å². The number of nitrogens with zero attached hydrogens (tertiary/aromatic N) is 5. The Morgan fingerprint density at radius 1 is 0.971 bits per heavy atom. The largest absolute Gasteiger partial charge is 0.345 e. The molecule has 0 unspecified atom stereocenters. The summed E-state index contributed by atoms with van der Waals surface area (Å²) in [5.41, 5.74) is 4.25. The molecular formula is C27H23FN6O. The number of carbonyl (C=O) groups is 1. The standard InChI is InChI=1S/C27H23FN6O/c28-25-11-20-13-29-15-24(22(20)12-23(25)27-30-7-8-31-27)19-5-3-18(4-6-19)21-14-32-34(16-21)17-26(35)33-9-1-2-10-33/h3-8,11-16H,1-2,9-10,17H2,(H,30,31). The number of pyridine rings is 1. The lowest BCUT2D eigenvalue weighted by molar-refractivity contribution is -0.130. The zero-order valence-electron chi connectivity index (χ0n) is 19.0. The first-order valence-electron chi connectivity index (χ1n) is 11.6. The molecule has 35 heavy (non-hydrogen) atoms. The van der Waals surface area contributed by atoms with E-state index in [2.05, 4.69) is 20.1 Å². The summed E-state index contributed by atoms with van der Waals surface area (Å²) in [4.78, 5) is 25.8. The van der Waals surface area contributed by atoms with Crippen LogP contribution in [0.5, 0.6) is 0 Å². The summed E-state index contributed by atoms with van der Waals surface area (Å²) in [6, 6.07) is 11.4. The van der Waals surface area contributed by atoms with Crippen LogP contribution in [0.2, 0.25) is 0 Å². The molecule has 1 amide bonds. The summed E-state index contributed by atoms with van der Waals surface area (Å²) in [5.74, 6) is 0.256. The highest BCUT2D eigenvalue weighted by Gasteiger charge is 2.18. The second kappa shape index (κ2) is 8.79. The fourth-order valence-corrected chi connectivity index (χ4v) is 4.66. The fourth-order valence-electron chi connectivity index (χ4n) is 4.66. The van der Waals surface area contributed by atoms with E-state index in [1.807, 2.05) is 41.4 Å². The van der Waals surface area contributed by atoms with Crippen molar-refractivity contribution in [1.82, 2.24) is 29.6 Å². The summed E-state index contributed by atoms with van der Waals surface area (Å²) < 4.78 is 16.4. The quantitative estimate of drug-likeness (QED) is 0.399. The lowest BCUT2D eigenvalue weighted by Crippen LogP contribution is -2.31. The molecule has 0 spiro atoms. The van der Waals surface area contributed by atoms with Crippen LogP contribution in [0.15, 0.2) is 73.6 Å². The predicted octanol–water partition coefficient (Wildman–Crippen LogP) is 4.92. The molecule has 0 aliphatic carbocycles. The molecule has 0 radical (unpaired) electrons. The number of likely N-dealkylation sites (tertiary alicyclic amines) is 1. The van der Waals surface area contributed by atoms with Gasteiger partial charge in [-0.15, -0.1) is 0 Å². The average molecular weight is 467 g/mol. The molecule has 0 bridgehead atoms. The summed E-state index contributed by atoms with van der Waals surface area (Å²) in [7, 11) is 0. The number of aromatic amines is 1. The lowest BCUT2D eigenvalue weighted by atomic mass is 9.97. The fraction of sp³-hybridized carbons (Fsp3) is 0.185. The maximum absolute atomic E-state index is 14.7. The number of hydrogen-bond donors (Lipinski definition) is 1. The number of amides is 1. The molecular weight excluding hydrogens is 443 g/mol. The van der Waals surface area contributed by atoms with Crippen molar-refractivity contribution >= 4 is 16.7 Å². The maximum Gasteiger partial charge on any atom is 0.244 e. The van der Waals surface area contributed by atoms with E-state index in [4.69, 9.17) is 0 Å². The Balaban J connectivity index is 1.28. The molecule has 1 fully saturated rings. The monoisotopic (exact) mass is 466 g/mol. The summed E-state index contributed by atoms with van der Waals surface area (Å²) in [6.45, 7) is 1.94. The van der Waals surface area contributed by atoms with Crippen molar-refractivity contribution in [3.63, 3.8) is 0 Å². The Morgan fingerprint density at radius 2 is 1.77 bits per heavy atom. The first kappa shape index (κ1) is 21.2. The van der Waals surface area contributed by atoms with Crippen LogP contribution in [-0.4, -0.2) is 48.6 Å². The minimum atomic E-state index is -0.345. The van der Waals surface area contributed by atoms with Gasteiger partial charge >= 0.3 is 0 Å². The number of nitrogens with one attached hydrogen (secondary N) is 1. The van der Waals surface area contributed by atoms with Crippen molar-refractivity contribution in [2.24, 2.45) is 0 Å². The van der Waals surface area contributed by atoms with Crippen LogP contribution in [0.1, 0.15) is 12.8 Å². The zero-order valence-corrected chi connectivity index (χ0v) is 19.0. The van der Waals surface area contributed by atoms with Crippen molar-refractivity contribution in [3.05, 3.63) is 79.4 Å². The molecule has 8 heteroatoms. The molecule has 1 aliphatic heterocycles. The van der Waals surface area contributed by atoms with Crippen molar-refractivity contribution in [2.45, 2.75) is 19.4 Å². The normalized spacial score (nSPS) is 13.6. The van der Waals surface area contributed by atoms with Gasteiger partial charge in [0.2, 0.25) is 5.91 Å². The molecule has 1 aliphatic rings. The van der Waals surface area contributed by atoms with E-state index < -0.39 is 0 Å². The van der Waals surface area contributed by atoms with Gasteiger partial charge in [-0.25, -0.2) is 9.37 Å². The number of H-pyrrole nitrogens is 1. The summed E-state index contributed by atoms with van der Waals surface area (Å²) in [6.07, 6.45) is 12.6. The van der Waals surface area contributed by atoms with Gasteiger partial charge in [-0.2, -0.15) is 5.10 Å². The second-order valence-electron chi connectivity index (χ2n) is 8.77. The van der Waals surface area contributed by atoms with Crippen LogP contribution < -0.4 is 0 Å². The maximum atomic E-state index is 14.7. The summed E-state index contributed by atoms with van der Waals surface area (Å²) >= 11 is 0. The zero-order chi connectivity index (χ0) is 23.8. The molecule has 1 saturated heterocycles. The smallest absolute Gasteiger partial charge is 0.244 e. The van der Waals surface area contributed by atoms with Gasteiger partial charge in [0.1, 0.15) is 18.2 Å². The van der Waals surface area contributed by atoms with Crippen LogP contribution in [0.4, 0.5) is 4.39 Å². The molecule has 5 aromatic rings. The van der Waals surface area contributed by atoms with Gasteiger partial charge < -0.3 is 9.88 Å². The van der Waals surface area contributed by atoms with Crippen LogP contribution in [0.25, 0.3) is 44.4 Å². The van der Waals surface area contributed by atoms with E-state index in [9.17, 15) is 9.18 Å². The van der Waals surface area contributed by atoms with E-state index in [0.717, 1.165) is 59.0 Å². The Hall–Kier alpha value is -4.33. The van der Waals surface area contributed by atoms with Crippen LogP contribution in [0.3, 0.4) is 0 Å². The third-order valence-corrected chi connectivity index (χ3v) is 6.52. The van der Waals surface area contributed by atoms with Crippen molar-refractivity contribution in [1.29, 1.82) is 0 Å². The number of carbonyl (C=O) groups excluding carboxylic acids is 1. The number of rotatable bonds is 5. The van der Waals surface area contributed by atoms with Crippen LogP contribution in [0, 0.1) is 5.82 Å². The summed E-state index contributed by atoms with van der Waals surface area (Å²) in [5, 5.41) is 6.00. The Bertz CT molecular complexity index is 1500. The van der Waals surface area contributed by atoms with E-state index >= 15 is 0 Å². The Labute approximate surface area is 201 Å². The molecule has 0 atom stereocenters. The topological polar surface area (TPSA) is 79.7 Å². The number of fused-ring (bicyclic) bond motifs is 1. The molecule has 3 aromatic heterocycles. The van der Waals surface area contributed by atoms with Crippen molar-refractivity contribution in [2.75, 3.05) is 13.1 Å². The van der Waals surface area contributed by atoms with Gasteiger partial charge in [0.15, 0.2) is 0 Å². The molecule has 6 rings (SSSR count). The molecule has 7 nitrogen and oxygen atoms in total. The predicted molar refractivity (Wildman–Crippen MR) is 132 cm³/mol. The third-order valence-electron chi connectivity index (χ3n) is 6.52. The molecule has 2 aromatic carbocycles. The van der Waals surface area contributed by atoms with Gasteiger partial charge in [-0.3, -0.25) is 14.5 Å². The second-order valence-corrected chi connectivity index (χ2v) is 8.77. The third kappa shape index (κ3) is 4.07. The first-order valence-corrected chi connectivity index (χ1v) is 11.6. The number of aromatic nitrogens is 5. The van der Waals surface area contributed by atoms with Gasteiger partial charge in [0.25, 0.3) is 0 Å². The highest BCUT2D eigenvalue weighted by atomic mass is 19.1. The van der Waals surface area contributed by atoms with Crippen LogP contribution >= 0.6 is 0 Å². The molecule has 0 saturated carbocycles. The number of imidazole rings is 1. The first-order chi connectivity index (χ1) is 17.2. The SMILES string of the molecule is O=C(Cn1cc(-c2ccc(-c3cncc4cc(F)c(-c5ncc[nH]5)cc34)cc2)cn1)N1CCCC1.